The smallest absolute Gasteiger partial charge is 0.141 e. The molecular weight excluding hydrogens is 292 g/mol. The zero-order chi connectivity index (χ0) is 15.2. The van der Waals surface area contributed by atoms with E-state index in [9.17, 15) is 8.78 Å². The molecule has 0 amide bonds. The zero-order valence-electron chi connectivity index (χ0n) is 11.9. The lowest BCUT2D eigenvalue weighted by Gasteiger charge is -2.17. The Morgan fingerprint density at radius 3 is 2.38 bits per heavy atom. The number of hydrogen-bond acceptors (Lipinski definition) is 1. The molecule has 2 aromatic carbocycles. The van der Waals surface area contributed by atoms with Gasteiger partial charge in [0.05, 0.1) is 5.02 Å². The standard InChI is InChI=1S/C17H18ClF2N/c1-21-11-14(7-12-3-2-4-15(19)9-12)8-13-5-6-17(20)16(18)10-13/h2-6,9-10,14,21H,7-8,11H2,1H3. The lowest BCUT2D eigenvalue weighted by Crippen LogP contribution is -2.22. The highest BCUT2D eigenvalue weighted by Crippen LogP contribution is 2.20. The topological polar surface area (TPSA) is 12.0 Å². The van der Waals surface area contributed by atoms with E-state index < -0.39 is 5.82 Å². The van der Waals surface area contributed by atoms with E-state index in [-0.39, 0.29) is 10.8 Å². The van der Waals surface area contributed by atoms with Crippen molar-refractivity contribution in [2.24, 2.45) is 5.92 Å². The van der Waals surface area contributed by atoms with Crippen LogP contribution in [0.3, 0.4) is 0 Å². The molecule has 0 bridgehead atoms. The molecule has 1 N–H and O–H groups in total. The predicted octanol–water partition coefficient (Wildman–Crippen LogP) is 4.24. The Labute approximate surface area is 128 Å². The maximum Gasteiger partial charge on any atom is 0.141 e. The fourth-order valence-corrected chi connectivity index (χ4v) is 2.71. The van der Waals surface area contributed by atoms with Gasteiger partial charge < -0.3 is 5.32 Å². The van der Waals surface area contributed by atoms with Crippen molar-refractivity contribution in [1.29, 1.82) is 0 Å². The van der Waals surface area contributed by atoms with Crippen LogP contribution in [-0.2, 0) is 12.8 Å². The Morgan fingerprint density at radius 1 is 1.05 bits per heavy atom. The molecule has 0 aliphatic heterocycles. The van der Waals surface area contributed by atoms with Gasteiger partial charge in [-0.05, 0) is 67.7 Å². The van der Waals surface area contributed by atoms with Crippen LogP contribution in [0.15, 0.2) is 42.5 Å². The molecule has 0 heterocycles. The molecule has 112 valence electrons. The molecule has 2 rings (SSSR count). The van der Waals surface area contributed by atoms with E-state index in [1.54, 1.807) is 24.3 Å². The summed E-state index contributed by atoms with van der Waals surface area (Å²) in [6.45, 7) is 0.797. The normalized spacial score (nSPS) is 12.4. The van der Waals surface area contributed by atoms with Crippen LogP contribution in [0, 0.1) is 17.6 Å². The Morgan fingerprint density at radius 2 is 1.76 bits per heavy atom. The molecule has 0 aliphatic carbocycles. The Hall–Kier alpha value is -1.45. The molecule has 0 spiro atoms. The molecule has 0 saturated heterocycles. The van der Waals surface area contributed by atoms with Gasteiger partial charge in [0.2, 0.25) is 0 Å². The summed E-state index contributed by atoms with van der Waals surface area (Å²) in [5.41, 5.74) is 1.95. The maximum atomic E-state index is 13.3. The molecule has 0 saturated carbocycles. The highest BCUT2D eigenvalue weighted by atomic mass is 35.5. The lowest BCUT2D eigenvalue weighted by molar-refractivity contribution is 0.491. The summed E-state index contributed by atoms with van der Waals surface area (Å²) in [7, 11) is 1.89. The van der Waals surface area contributed by atoms with E-state index in [2.05, 4.69) is 5.32 Å². The first-order valence-corrected chi connectivity index (χ1v) is 7.29. The van der Waals surface area contributed by atoms with E-state index in [0.717, 1.165) is 30.5 Å². The van der Waals surface area contributed by atoms with E-state index in [1.807, 2.05) is 13.1 Å². The van der Waals surface area contributed by atoms with Gasteiger partial charge in [-0.3, -0.25) is 0 Å². The summed E-state index contributed by atoms with van der Waals surface area (Å²) in [6, 6.07) is 11.4. The molecule has 0 radical (unpaired) electrons. The second-order valence-electron chi connectivity index (χ2n) is 5.21. The van der Waals surface area contributed by atoms with Crippen molar-refractivity contribution in [2.45, 2.75) is 12.8 Å². The minimum absolute atomic E-state index is 0.140. The molecule has 1 nitrogen and oxygen atoms in total. The van der Waals surface area contributed by atoms with Crippen molar-refractivity contribution >= 4 is 11.6 Å². The molecule has 4 heteroatoms. The minimum Gasteiger partial charge on any atom is -0.319 e. The fraction of sp³-hybridized carbons (Fsp3) is 0.294. The van der Waals surface area contributed by atoms with Crippen molar-refractivity contribution in [3.05, 3.63) is 70.2 Å². The van der Waals surface area contributed by atoms with Crippen LogP contribution >= 0.6 is 11.6 Å². The highest BCUT2D eigenvalue weighted by molar-refractivity contribution is 6.30. The largest absolute Gasteiger partial charge is 0.319 e. The van der Waals surface area contributed by atoms with Gasteiger partial charge >= 0.3 is 0 Å². The fourth-order valence-electron chi connectivity index (χ4n) is 2.50. The van der Waals surface area contributed by atoms with E-state index >= 15 is 0 Å². The van der Waals surface area contributed by atoms with Gasteiger partial charge in [0, 0.05) is 0 Å². The van der Waals surface area contributed by atoms with Crippen LogP contribution in [0.25, 0.3) is 0 Å². The molecule has 0 aliphatic rings. The zero-order valence-corrected chi connectivity index (χ0v) is 12.6. The molecule has 0 fully saturated rings. The number of rotatable bonds is 6. The van der Waals surface area contributed by atoms with Gasteiger partial charge in [0.15, 0.2) is 0 Å². The highest BCUT2D eigenvalue weighted by Gasteiger charge is 2.12. The third kappa shape index (κ3) is 4.80. The SMILES string of the molecule is CNCC(Cc1cccc(F)c1)Cc1ccc(F)c(Cl)c1. The van der Waals surface area contributed by atoms with Crippen molar-refractivity contribution in [2.75, 3.05) is 13.6 Å². The van der Waals surface area contributed by atoms with Crippen molar-refractivity contribution < 1.29 is 8.78 Å². The Bertz CT molecular complexity index is 601. The summed E-state index contributed by atoms with van der Waals surface area (Å²) in [5.74, 6) is -0.338. The lowest BCUT2D eigenvalue weighted by atomic mass is 9.92. The van der Waals surface area contributed by atoms with Gasteiger partial charge in [0.25, 0.3) is 0 Å². The third-order valence-corrected chi connectivity index (χ3v) is 3.70. The van der Waals surface area contributed by atoms with Crippen LogP contribution in [0.4, 0.5) is 8.78 Å². The van der Waals surface area contributed by atoms with Crippen molar-refractivity contribution in [3.8, 4) is 0 Å². The Kier molecular flexibility index (Phi) is 5.71. The van der Waals surface area contributed by atoms with E-state index in [1.165, 1.54) is 12.1 Å². The van der Waals surface area contributed by atoms with E-state index in [0.29, 0.717) is 5.92 Å². The van der Waals surface area contributed by atoms with Gasteiger partial charge in [0.1, 0.15) is 11.6 Å². The van der Waals surface area contributed by atoms with Gasteiger partial charge in [-0.1, -0.05) is 29.8 Å². The first-order valence-electron chi connectivity index (χ1n) is 6.91. The maximum absolute atomic E-state index is 13.3. The van der Waals surface area contributed by atoms with Gasteiger partial charge in [-0.25, -0.2) is 8.78 Å². The molecule has 1 unspecified atom stereocenters. The first kappa shape index (κ1) is 15.9. The molecule has 21 heavy (non-hydrogen) atoms. The molecule has 1 atom stereocenters. The summed E-state index contributed by atoms with van der Waals surface area (Å²) in [5, 5.41) is 3.29. The van der Waals surface area contributed by atoms with Crippen LogP contribution in [0.2, 0.25) is 5.02 Å². The Balaban J connectivity index is 2.09. The third-order valence-electron chi connectivity index (χ3n) is 3.41. The van der Waals surface area contributed by atoms with Crippen LogP contribution in [0.1, 0.15) is 11.1 Å². The first-order chi connectivity index (χ1) is 10.1. The van der Waals surface area contributed by atoms with Crippen molar-refractivity contribution in [1.82, 2.24) is 5.32 Å². The number of halogens is 3. The quantitative estimate of drug-likeness (QED) is 0.841. The summed E-state index contributed by atoms with van der Waals surface area (Å²) in [4.78, 5) is 0. The van der Waals surface area contributed by atoms with Gasteiger partial charge in [-0.2, -0.15) is 0 Å². The average molecular weight is 310 g/mol. The summed E-state index contributed by atoms with van der Waals surface area (Å²) >= 11 is 5.82. The van der Waals surface area contributed by atoms with Crippen molar-refractivity contribution in [3.63, 3.8) is 0 Å². The van der Waals surface area contributed by atoms with Crippen LogP contribution in [-0.4, -0.2) is 13.6 Å². The van der Waals surface area contributed by atoms with Crippen LogP contribution in [0.5, 0.6) is 0 Å². The number of benzene rings is 2. The number of hydrogen-bond donors (Lipinski definition) is 1. The minimum atomic E-state index is -0.407. The average Bonchev–Trinajstić information content (AvgIpc) is 2.43. The molecule has 2 aromatic rings. The number of nitrogens with one attached hydrogen (secondary N) is 1. The molecular formula is C17H18ClF2N. The summed E-state index contributed by atoms with van der Waals surface area (Å²) < 4.78 is 26.4. The predicted molar refractivity (Wildman–Crippen MR) is 82.6 cm³/mol. The monoisotopic (exact) mass is 309 g/mol. The van der Waals surface area contributed by atoms with E-state index in [4.69, 9.17) is 11.6 Å². The van der Waals surface area contributed by atoms with Gasteiger partial charge in [-0.15, -0.1) is 0 Å². The summed E-state index contributed by atoms with van der Waals surface area (Å²) in [6.07, 6.45) is 1.52. The second-order valence-corrected chi connectivity index (χ2v) is 5.62. The molecule has 0 aromatic heterocycles. The van der Waals surface area contributed by atoms with Crippen LogP contribution < -0.4 is 5.32 Å². The second kappa shape index (κ2) is 7.53.